The van der Waals surface area contributed by atoms with Crippen LogP contribution < -0.4 is 15.5 Å². The van der Waals surface area contributed by atoms with Gasteiger partial charge in [-0.2, -0.15) is 0 Å². The van der Waals surface area contributed by atoms with Gasteiger partial charge in [0.25, 0.3) is 5.91 Å². The quantitative estimate of drug-likeness (QED) is 0.484. The number of anilines is 3. The summed E-state index contributed by atoms with van der Waals surface area (Å²) in [5, 5.41) is 7.53. The van der Waals surface area contributed by atoms with Gasteiger partial charge in [0.15, 0.2) is 5.13 Å². The van der Waals surface area contributed by atoms with E-state index < -0.39 is 0 Å². The van der Waals surface area contributed by atoms with Crippen molar-refractivity contribution in [2.24, 2.45) is 0 Å². The molecule has 1 aromatic carbocycles. The van der Waals surface area contributed by atoms with E-state index in [4.69, 9.17) is 4.42 Å². The Bertz CT molecular complexity index is 1140. The normalized spacial score (nSPS) is 14.2. The predicted molar refractivity (Wildman–Crippen MR) is 128 cm³/mol. The fraction of sp³-hybridized carbons (Fsp3) is 0.375. The molecule has 0 radical (unpaired) electrons. The van der Waals surface area contributed by atoms with E-state index >= 15 is 0 Å². The number of amides is 2. The summed E-state index contributed by atoms with van der Waals surface area (Å²) in [4.78, 5) is 31.0. The van der Waals surface area contributed by atoms with Crippen LogP contribution in [0.2, 0.25) is 0 Å². The highest BCUT2D eigenvalue weighted by molar-refractivity contribution is 7.14. The van der Waals surface area contributed by atoms with Crippen LogP contribution >= 0.6 is 11.3 Å². The standard InChI is InChI=1S/C24H27FN4O3S/c1-15-19(10-11-32-15)23(31)28-24-27-17(14-33-24)13-22(30)26-16-8-9-21(20(25)12-16)29(2)18-6-4-3-5-7-18/h8-12,14,18H,3-7,13H2,1-2H3,(H,26,30)(H,27,28,31). The number of aryl methyl sites for hydroxylation is 1. The van der Waals surface area contributed by atoms with Crippen molar-refractivity contribution in [1.29, 1.82) is 0 Å². The topological polar surface area (TPSA) is 87.5 Å². The SMILES string of the molecule is Cc1occc1C(=O)Nc1nc(CC(=O)Nc2ccc(N(C)C3CCCCC3)c(F)c2)cs1. The number of aromatic nitrogens is 1. The van der Waals surface area contributed by atoms with Gasteiger partial charge >= 0.3 is 0 Å². The molecule has 0 unspecified atom stereocenters. The van der Waals surface area contributed by atoms with Crippen molar-refractivity contribution in [2.75, 3.05) is 22.6 Å². The molecule has 33 heavy (non-hydrogen) atoms. The Morgan fingerprint density at radius 1 is 1.21 bits per heavy atom. The molecule has 174 valence electrons. The van der Waals surface area contributed by atoms with E-state index in [1.807, 2.05) is 11.9 Å². The van der Waals surface area contributed by atoms with Gasteiger partial charge < -0.3 is 14.6 Å². The van der Waals surface area contributed by atoms with Gasteiger partial charge in [-0.25, -0.2) is 9.37 Å². The van der Waals surface area contributed by atoms with E-state index in [0.29, 0.717) is 39.6 Å². The van der Waals surface area contributed by atoms with Crippen molar-refractivity contribution in [3.05, 3.63) is 58.7 Å². The zero-order valence-electron chi connectivity index (χ0n) is 18.7. The van der Waals surface area contributed by atoms with Crippen LogP contribution in [0, 0.1) is 12.7 Å². The lowest BCUT2D eigenvalue weighted by Gasteiger charge is -2.33. The van der Waals surface area contributed by atoms with Gasteiger partial charge in [0, 0.05) is 24.2 Å². The summed E-state index contributed by atoms with van der Waals surface area (Å²) >= 11 is 1.23. The van der Waals surface area contributed by atoms with Crippen LogP contribution in [-0.4, -0.2) is 29.9 Å². The number of nitrogens with zero attached hydrogens (tertiary/aromatic N) is 2. The molecule has 0 bridgehead atoms. The smallest absolute Gasteiger partial charge is 0.260 e. The minimum absolute atomic E-state index is 0.0163. The van der Waals surface area contributed by atoms with Gasteiger partial charge in [0.05, 0.1) is 29.6 Å². The zero-order chi connectivity index (χ0) is 23.4. The first-order valence-electron chi connectivity index (χ1n) is 11.0. The van der Waals surface area contributed by atoms with Gasteiger partial charge in [-0.3, -0.25) is 14.9 Å². The monoisotopic (exact) mass is 470 g/mol. The lowest BCUT2D eigenvalue weighted by atomic mass is 9.94. The number of nitrogens with one attached hydrogen (secondary N) is 2. The Hall–Kier alpha value is -3.20. The second-order valence-corrected chi connectivity index (χ2v) is 9.14. The van der Waals surface area contributed by atoms with Crippen LogP contribution in [0.25, 0.3) is 0 Å². The lowest BCUT2D eigenvalue weighted by molar-refractivity contribution is -0.115. The zero-order valence-corrected chi connectivity index (χ0v) is 19.5. The minimum atomic E-state index is -0.353. The number of furan rings is 1. The number of carbonyl (C=O) groups is 2. The summed E-state index contributed by atoms with van der Waals surface area (Å²) in [5.41, 5.74) is 1.90. The van der Waals surface area contributed by atoms with Crippen molar-refractivity contribution >= 4 is 39.7 Å². The Labute approximate surface area is 196 Å². The van der Waals surface area contributed by atoms with Gasteiger partial charge in [-0.05, 0) is 44.0 Å². The third-order valence-corrected chi connectivity index (χ3v) is 6.76. The van der Waals surface area contributed by atoms with E-state index in [1.165, 1.54) is 42.9 Å². The van der Waals surface area contributed by atoms with Crippen LogP contribution in [0.4, 0.5) is 20.9 Å². The van der Waals surface area contributed by atoms with E-state index in [2.05, 4.69) is 15.6 Å². The van der Waals surface area contributed by atoms with Crippen LogP contribution in [0.3, 0.4) is 0 Å². The molecule has 7 nitrogen and oxygen atoms in total. The molecule has 9 heteroatoms. The van der Waals surface area contributed by atoms with Gasteiger partial charge in [0.1, 0.15) is 11.6 Å². The number of hydrogen-bond donors (Lipinski definition) is 2. The van der Waals surface area contributed by atoms with Crippen molar-refractivity contribution in [3.63, 3.8) is 0 Å². The Kier molecular flexibility index (Phi) is 7.08. The van der Waals surface area contributed by atoms with Crippen molar-refractivity contribution in [3.8, 4) is 0 Å². The first-order chi connectivity index (χ1) is 15.9. The molecule has 3 aromatic rings. The molecule has 2 aromatic heterocycles. The van der Waals surface area contributed by atoms with Crippen LogP contribution in [0.5, 0.6) is 0 Å². The van der Waals surface area contributed by atoms with Crippen LogP contribution in [-0.2, 0) is 11.2 Å². The minimum Gasteiger partial charge on any atom is -0.469 e. The van der Waals surface area contributed by atoms with Crippen molar-refractivity contribution < 1.29 is 18.4 Å². The number of halogens is 1. The van der Waals surface area contributed by atoms with Crippen molar-refractivity contribution in [1.82, 2.24) is 4.98 Å². The van der Waals surface area contributed by atoms with Crippen LogP contribution in [0.1, 0.15) is 53.9 Å². The molecule has 1 aliphatic rings. The molecular weight excluding hydrogens is 443 g/mol. The third kappa shape index (κ3) is 5.60. The number of thiazole rings is 1. The summed E-state index contributed by atoms with van der Waals surface area (Å²) < 4.78 is 19.9. The third-order valence-electron chi connectivity index (χ3n) is 5.95. The highest BCUT2D eigenvalue weighted by Crippen LogP contribution is 2.29. The maximum Gasteiger partial charge on any atom is 0.260 e. The maximum absolute atomic E-state index is 14.8. The highest BCUT2D eigenvalue weighted by Gasteiger charge is 2.21. The largest absolute Gasteiger partial charge is 0.469 e. The molecule has 1 aliphatic carbocycles. The van der Waals surface area contributed by atoms with Crippen LogP contribution in [0.15, 0.2) is 40.3 Å². The van der Waals surface area contributed by atoms with E-state index in [1.54, 1.807) is 30.5 Å². The molecule has 0 atom stereocenters. The number of benzene rings is 1. The molecule has 2 N–H and O–H groups in total. The molecule has 1 fully saturated rings. The number of hydrogen-bond acceptors (Lipinski definition) is 6. The average molecular weight is 471 g/mol. The molecule has 2 amide bonds. The van der Waals surface area contributed by atoms with Gasteiger partial charge in [0.2, 0.25) is 5.91 Å². The molecule has 1 saturated carbocycles. The Morgan fingerprint density at radius 2 is 2.00 bits per heavy atom. The summed E-state index contributed by atoms with van der Waals surface area (Å²) in [6, 6.07) is 6.73. The maximum atomic E-state index is 14.8. The molecule has 0 spiro atoms. The average Bonchev–Trinajstić information content (AvgIpc) is 3.42. The second kappa shape index (κ2) is 10.2. The lowest BCUT2D eigenvalue weighted by Crippen LogP contribution is -2.33. The first kappa shape index (κ1) is 23.0. The number of rotatable bonds is 7. The molecule has 0 saturated heterocycles. The molecule has 0 aliphatic heterocycles. The molecule has 4 rings (SSSR count). The molecule has 2 heterocycles. The summed E-state index contributed by atoms with van der Waals surface area (Å²) in [5.74, 6) is -0.460. The van der Waals surface area contributed by atoms with Gasteiger partial charge in [-0.1, -0.05) is 19.3 Å². The summed E-state index contributed by atoms with van der Waals surface area (Å²) in [7, 11) is 1.93. The number of carbonyl (C=O) groups excluding carboxylic acids is 2. The Balaban J connectivity index is 1.33. The molecular formula is C24H27FN4O3S. The van der Waals surface area contributed by atoms with Gasteiger partial charge in [-0.15, -0.1) is 11.3 Å². The second-order valence-electron chi connectivity index (χ2n) is 8.28. The van der Waals surface area contributed by atoms with E-state index in [0.717, 1.165) is 12.8 Å². The summed E-state index contributed by atoms with van der Waals surface area (Å²) in [6.07, 6.45) is 7.21. The highest BCUT2D eigenvalue weighted by atomic mass is 32.1. The van der Waals surface area contributed by atoms with E-state index in [-0.39, 0.29) is 24.1 Å². The van der Waals surface area contributed by atoms with E-state index in [9.17, 15) is 14.0 Å². The predicted octanol–water partition coefficient (Wildman–Crippen LogP) is 5.39. The van der Waals surface area contributed by atoms with Crippen molar-refractivity contribution in [2.45, 2.75) is 51.5 Å². The summed E-state index contributed by atoms with van der Waals surface area (Å²) in [6.45, 7) is 1.70. The first-order valence-corrected chi connectivity index (χ1v) is 11.9. The fourth-order valence-corrected chi connectivity index (χ4v) is 4.84. The Morgan fingerprint density at radius 3 is 2.70 bits per heavy atom. The fourth-order valence-electron chi connectivity index (χ4n) is 4.14.